The van der Waals surface area contributed by atoms with Crippen molar-refractivity contribution in [1.29, 1.82) is 0 Å². The fourth-order valence-electron chi connectivity index (χ4n) is 2.45. The van der Waals surface area contributed by atoms with Crippen LogP contribution in [-0.2, 0) is 0 Å². The molecule has 1 amide bonds. The molecule has 100 valence electrons. The molecule has 1 aromatic carbocycles. The van der Waals surface area contributed by atoms with Crippen LogP contribution in [0.1, 0.15) is 10.5 Å². The minimum absolute atomic E-state index is 0.0553. The highest BCUT2D eigenvalue weighted by Gasteiger charge is 2.20. The average molecular weight is 259 g/mol. The van der Waals surface area contributed by atoms with Crippen molar-refractivity contribution in [3.05, 3.63) is 30.0 Å². The predicted molar refractivity (Wildman–Crippen MR) is 73.6 cm³/mol. The maximum atomic E-state index is 12.4. The number of carbonyl (C=O) groups is 1. The number of carbonyl (C=O) groups excluding carboxylic acids is 1. The zero-order valence-corrected chi connectivity index (χ0v) is 10.9. The van der Waals surface area contributed by atoms with Crippen molar-refractivity contribution in [1.82, 2.24) is 15.2 Å². The summed E-state index contributed by atoms with van der Waals surface area (Å²) in [6, 6.07) is 7.68. The van der Waals surface area contributed by atoms with Gasteiger partial charge in [0.05, 0.1) is 12.6 Å². The summed E-state index contributed by atoms with van der Waals surface area (Å²) in [4.78, 5) is 17.4. The van der Waals surface area contributed by atoms with Crippen LogP contribution in [-0.4, -0.2) is 49.1 Å². The molecule has 1 aliphatic heterocycles. The van der Waals surface area contributed by atoms with Crippen LogP contribution < -0.4 is 10.1 Å². The lowest BCUT2D eigenvalue weighted by atomic mass is 10.2. The van der Waals surface area contributed by atoms with Crippen molar-refractivity contribution in [2.24, 2.45) is 0 Å². The minimum atomic E-state index is 0.0553. The number of amides is 1. The quantitative estimate of drug-likeness (QED) is 0.852. The van der Waals surface area contributed by atoms with Gasteiger partial charge in [0.25, 0.3) is 5.91 Å². The van der Waals surface area contributed by atoms with Crippen molar-refractivity contribution in [2.75, 3.05) is 33.3 Å². The largest absolute Gasteiger partial charge is 0.495 e. The number of hydrogen-bond acceptors (Lipinski definition) is 3. The summed E-state index contributed by atoms with van der Waals surface area (Å²) in [6.07, 6.45) is 0. The summed E-state index contributed by atoms with van der Waals surface area (Å²) < 4.78 is 5.30. The van der Waals surface area contributed by atoms with Crippen LogP contribution in [0.15, 0.2) is 24.3 Å². The van der Waals surface area contributed by atoms with E-state index in [1.165, 1.54) is 0 Å². The highest BCUT2D eigenvalue weighted by molar-refractivity contribution is 5.99. The number of nitrogens with zero attached hydrogens (tertiary/aromatic N) is 1. The number of ether oxygens (including phenoxy) is 1. The Balaban J connectivity index is 1.94. The van der Waals surface area contributed by atoms with Gasteiger partial charge in [-0.1, -0.05) is 12.1 Å². The summed E-state index contributed by atoms with van der Waals surface area (Å²) in [5, 5.41) is 4.24. The molecule has 0 unspecified atom stereocenters. The third-order valence-corrected chi connectivity index (χ3v) is 3.47. The molecule has 2 heterocycles. The van der Waals surface area contributed by atoms with Crippen LogP contribution in [0, 0.1) is 0 Å². The Morgan fingerprint density at radius 3 is 2.84 bits per heavy atom. The van der Waals surface area contributed by atoms with Gasteiger partial charge in [0.15, 0.2) is 0 Å². The summed E-state index contributed by atoms with van der Waals surface area (Å²) >= 11 is 0. The van der Waals surface area contributed by atoms with Crippen LogP contribution in [0.3, 0.4) is 0 Å². The van der Waals surface area contributed by atoms with Crippen molar-refractivity contribution in [3.63, 3.8) is 0 Å². The highest BCUT2D eigenvalue weighted by atomic mass is 16.5. The number of rotatable bonds is 2. The third-order valence-electron chi connectivity index (χ3n) is 3.47. The van der Waals surface area contributed by atoms with Crippen LogP contribution in [0.4, 0.5) is 0 Å². The van der Waals surface area contributed by atoms with Gasteiger partial charge < -0.3 is 19.9 Å². The van der Waals surface area contributed by atoms with Crippen molar-refractivity contribution < 1.29 is 9.53 Å². The first-order valence-corrected chi connectivity index (χ1v) is 6.45. The van der Waals surface area contributed by atoms with Crippen molar-refractivity contribution in [3.8, 4) is 5.75 Å². The van der Waals surface area contributed by atoms with Crippen LogP contribution in [0.25, 0.3) is 10.9 Å². The molecule has 19 heavy (non-hydrogen) atoms. The summed E-state index contributed by atoms with van der Waals surface area (Å²) in [6.45, 7) is 3.22. The summed E-state index contributed by atoms with van der Waals surface area (Å²) in [5.74, 6) is 0.816. The molecule has 1 fully saturated rings. The number of aromatic amines is 1. The second-order valence-corrected chi connectivity index (χ2v) is 4.65. The van der Waals surface area contributed by atoms with E-state index in [0.29, 0.717) is 5.69 Å². The normalized spacial score (nSPS) is 15.7. The number of H-pyrrole nitrogens is 1. The van der Waals surface area contributed by atoms with E-state index >= 15 is 0 Å². The van der Waals surface area contributed by atoms with E-state index in [0.717, 1.165) is 42.8 Å². The van der Waals surface area contributed by atoms with Crippen molar-refractivity contribution in [2.45, 2.75) is 0 Å². The molecule has 2 N–H and O–H groups in total. The lowest BCUT2D eigenvalue weighted by Gasteiger charge is -2.26. The second-order valence-electron chi connectivity index (χ2n) is 4.65. The number of benzene rings is 1. The van der Waals surface area contributed by atoms with E-state index in [4.69, 9.17) is 4.74 Å². The molecular weight excluding hydrogens is 242 g/mol. The number of aromatic nitrogens is 1. The molecule has 0 aliphatic carbocycles. The molecule has 0 atom stereocenters. The fraction of sp³-hybridized carbons (Fsp3) is 0.357. The fourth-order valence-corrected chi connectivity index (χ4v) is 2.45. The van der Waals surface area contributed by atoms with Gasteiger partial charge in [-0.05, 0) is 12.1 Å². The Labute approximate surface area is 111 Å². The van der Waals surface area contributed by atoms with Crippen LogP contribution >= 0.6 is 0 Å². The Morgan fingerprint density at radius 1 is 1.32 bits per heavy atom. The van der Waals surface area contributed by atoms with E-state index < -0.39 is 0 Å². The number of piperazine rings is 1. The number of fused-ring (bicyclic) bond motifs is 1. The van der Waals surface area contributed by atoms with Gasteiger partial charge in [0.1, 0.15) is 11.4 Å². The number of methoxy groups -OCH3 is 1. The topological polar surface area (TPSA) is 57.4 Å². The van der Waals surface area contributed by atoms with E-state index in [1.807, 2.05) is 29.2 Å². The lowest BCUT2D eigenvalue weighted by molar-refractivity contribution is 0.0731. The van der Waals surface area contributed by atoms with Gasteiger partial charge in [0.2, 0.25) is 0 Å². The number of nitrogens with one attached hydrogen (secondary N) is 2. The molecule has 0 bridgehead atoms. The Kier molecular flexibility index (Phi) is 3.13. The third kappa shape index (κ3) is 2.17. The van der Waals surface area contributed by atoms with E-state index in [1.54, 1.807) is 7.11 Å². The van der Waals surface area contributed by atoms with Gasteiger partial charge in [-0.25, -0.2) is 0 Å². The molecule has 5 nitrogen and oxygen atoms in total. The maximum absolute atomic E-state index is 12.4. The molecule has 3 rings (SSSR count). The monoisotopic (exact) mass is 259 g/mol. The van der Waals surface area contributed by atoms with E-state index in [2.05, 4.69) is 10.3 Å². The van der Waals surface area contributed by atoms with E-state index in [9.17, 15) is 4.79 Å². The number of para-hydroxylation sites is 1. The highest BCUT2D eigenvalue weighted by Crippen LogP contribution is 2.25. The van der Waals surface area contributed by atoms with E-state index in [-0.39, 0.29) is 5.91 Å². The van der Waals surface area contributed by atoms with Gasteiger partial charge in [0, 0.05) is 31.6 Å². The van der Waals surface area contributed by atoms with Gasteiger partial charge in [-0.15, -0.1) is 0 Å². The first kappa shape index (κ1) is 12.0. The van der Waals surface area contributed by atoms with Gasteiger partial charge in [-0.2, -0.15) is 0 Å². The Morgan fingerprint density at radius 2 is 2.11 bits per heavy atom. The average Bonchev–Trinajstić information content (AvgIpc) is 2.91. The smallest absolute Gasteiger partial charge is 0.270 e. The molecule has 1 aliphatic rings. The molecule has 2 aromatic rings. The zero-order chi connectivity index (χ0) is 13.2. The van der Waals surface area contributed by atoms with Gasteiger partial charge >= 0.3 is 0 Å². The first-order valence-electron chi connectivity index (χ1n) is 6.45. The van der Waals surface area contributed by atoms with Crippen molar-refractivity contribution >= 4 is 16.8 Å². The van der Waals surface area contributed by atoms with Gasteiger partial charge in [-0.3, -0.25) is 4.79 Å². The maximum Gasteiger partial charge on any atom is 0.270 e. The summed E-state index contributed by atoms with van der Waals surface area (Å²) in [5.41, 5.74) is 1.50. The second kappa shape index (κ2) is 4.93. The summed E-state index contributed by atoms with van der Waals surface area (Å²) in [7, 11) is 1.63. The SMILES string of the molecule is COc1cccc2cc(C(=O)N3CCNCC3)[nH]c12. The molecular formula is C14H17N3O2. The van der Waals surface area contributed by atoms with Crippen LogP contribution in [0.2, 0.25) is 0 Å². The predicted octanol–water partition coefficient (Wildman–Crippen LogP) is 1.22. The first-order chi connectivity index (χ1) is 9.29. The lowest BCUT2D eigenvalue weighted by Crippen LogP contribution is -2.46. The molecule has 1 aromatic heterocycles. The van der Waals surface area contributed by atoms with Crippen LogP contribution in [0.5, 0.6) is 5.75 Å². The molecule has 0 radical (unpaired) electrons. The zero-order valence-electron chi connectivity index (χ0n) is 10.9. The molecule has 1 saturated heterocycles. The molecule has 5 heteroatoms. The Bertz CT molecular complexity index is 600. The standard InChI is InChI=1S/C14H17N3O2/c1-19-12-4-2-3-10-9-11(16-13(10)12)14(18)17-7-5-15-6-8-17/h2-4,9,15-16H,5-8H2,1H3. The molecule has 0 saturated carbocycles. The Hall–Kier alpha value is -2.01. The molecule has 0 spiro atoms. The number of hydrogen-bond donors (Lipinski definition) is 2. The minimum Gasteiger partial charge on any atom is -0.495 e.